The molecule has 1 aromatic carbocycles. The molecule has 0 aliphatic carbocycles. The van der Waals surface area contributed by atoms with E-state index in [1.165, 1.54) is 36.7 Å². The molecule has 2 aromatic rings. The molecule has 0 bridgehead atoms. The first-order valence-electron chi connectivity index (χ1n) is 8.97. The number of nitrogens with zero attached hydrogens (tertiary/aromatic N) is 2. The number of halogens is 1. The Morgan fingerprint density at radius 1 is 1.20 bits per heavy atom. The molecular formula is C20H28ClN3O. The van der Waals surface area contributed by atoms with Crippen molar-refractivity contribution in [3.8, 4) is 5.75 Å². The fourth-order valence-electron chi connectivity index (χ4n) is 2.66. The van der Waals surface area contributed by atoms with E-state index < -0.39 is 0 Å². The molecule has 1 atom stereocenters. The third kappa shape index (κ3) is 5.89. The summed E-state index contributed by atoms with van der Waals surface area (Å²) >= 11 is 6.22. The van der Waals surface area contributed by atoms with Crippen LogP contribution in [0.3, 0.4) is 0 Å². The predicted octanol–water partition coefficient (Wildman–Crippen LogP) is 5.36. The number of hydrogen-bond acceptors (Lipinski definition) is 4. The fourth-order valence-corrected chi connectivity index (χ4v) is 2.81. The SMILES string of the molecule is CCCCCc1ccc(OCC(C)Nc2ncnc(C)c2Cl)c(C)c1. The van der Waals surface area contributed by atoms with Gasteiger partial charge in [-0.2, -0.15) is 0 Å². The molecule has 25 heavy (non-hydrogen) atoms. The van der Waals surface area contributed by atoms with Crippen LogP contribution in [0.25, 0.3) is 0 Å². The van der Waals surface area contributed by atoms with Gasteiger partial charge in [0.05, 0.1) is 11.7 Å². The topological polar surface area (TPSA) is 47.0 Å². The van der Waals surface area contributed by atoms with Gasteiger partial charge in [0.1, 0.15) is 29.5 Å². The highest BCUT2D eigenvalue weighted by Gasteiger charge is 2.10. The quantitative estimate of drug-likeness (QED) is 0.611. The van der Waals surface area contributed by atoms with Crippen LogP contribution in [0.1, 0.15) is 49.9 Å². The van der Waals surface area contributed by atoms with Crippen molar-refractivity contribution in [3.05, 3.63) is 46.4 Å². The maximum absolute atomic E-state index is 6.22. The molecule has 1 N–H and O–H groups in total. The van der Waals surface area contributed by atoms with Crippen LogP contribution in [0.15, 0.2) is 24.5 Å². The summed E-state index contributed by atoms with van der Waals surface area (Å²) in [6.07, 6.45) is 6.43. The van der Waals surface area contributed by atoms with Crippen LogP contribution in [-0.4, -0.2) is 22.6 Å². The minimum atomic E-state index is 0.0791. The number of aryl methyl sites for hydroxylation is 3. The van der Waals surface area contributed by atoms with E-state index in [-0.39, 0.29) is 6.04 Å². The molecule has 4 nitrogen and oxygen atoms in total. The van der Waals surface area contributed by atoms with Crippen LogP contribution >= 0.6 is 11.6 Å². The van der Waals surface area contributed by atoms with Crippen molar-refractivity contribution in [1.82, 2.24) is 9.97 Å². The summed E-state index contributed by atoms with van der Waals surface area (Å²) in [4.78, 5) is 8.26. The molecule has 0 saturated heterocycles. The van der Waals surface area contributed by atoms with Gasteiger partial charge in [-0.1, -0.05) is 43.5 Å². The average molecular weight is 362 g/mol. The van der Waals surface area contributed by atoms with Crippen molar-refractivity contribution >= 4 is 17.4 Å². The summed E-state index contributed by atoms with van der Waals surface area (Å²) in [5, 5.41) is 3.84. The smallest absolute Gasteiger partial charge is 0.148 e. The molecule has 1 heterocycles. The number of aromatic nitrogens is 2. The first-order valence-corrected chi connectivity index (χ1v) is 9.35. The van der Waals surface area contributed by atoms with Gasteiger partial charge in [0.25, 0.3) is 0 Å². The van der Waals surface area contributed by atoms with E-state index in [2.05, 4.69) is 47.3 Å². The molecule has 0 fully saturated rings. The second kappa shape index (κ2) is 9.62. The highest BCUT2D eigenvalue weighted by atomic mass is 35.5. The Morgan fingerprint density at radius 2 is 2.00 bits per heavy atom. The number of benzene rings is 1. The van der Waals surface area contributed by atoms with Crippen molar-refractivity contribution < 1.29 is 4.74 Å². The Morgan fingerprint density at radius 3 is 2.72 bits per heavy atom. The first-order chi connectivity index (χ1) is 12.0. The lowest BCUT2D eigenvalue weighted by Gasteiger charge is -2.18. The lowest BCUT2D eigenvalue weighted by atomic mass is 10.0. The standard InChI is InChI=1S/C20H28ClN3O/c1-5-6-7-8-17-9-10-18(14(2)11-17)25-12-15(3)24-20-19(21)16(4)22-13-23-20/h9-11,13,15H,5-8,12H2,1-4H3,(H,22,23,24). The lowest BCUT2D eigenvalue weighted by Crippen LogP contribution is -2.24. The van der Waals surface area contributed by atoms with Gasteiger partial charge in [-0.05, 0) is 50.8 Å². The van der Waals surface area contributed by atoms with Crippen LogP contribution in [0.4, 0.5) is 5.82 Å². The van der Waals surface area contributed by atoms with Crippen LogP contribution in [0, 0.1) is 13.8 Å². The van der Waals surface area contributed by atoms with Gasteiger partial charge in [0.15, 0.2) is 0 Å². The van der Waals surface area contributed by atoms with E-state index in [9.17, 15) is 0 Å². The maximum atomic E-state index is 6.22. The van der Waals surface area contributed by atoms with Gasteiger partial charge < -0.3 is 10.1 Å². The van der Waals surface area contributed by atoms with E-state index in [4.69, 9.17) is 16.3 Å². The zero-order chi connectivity index (χ0) is 18.2. The number of rotatable bonds is 9. The highest BCUT2D eigenvalue weighted by molar-refractivity contribution is 6.33. The van der Waals surface area contributed by atoms with E-state index in [1.54, 1.807) is 0 Å². The molecule has 0 aliphatic heterocycles. The summed E-state index contributed by atoms with van der Waals surface area (Å²) < 4.78 is 5.97. The highest BCUT2D eigenvalue weighted by Crippen LogP contribution is 2.23. The van der Waals surface area contributed by atoms with E-state index >= 15 is 0 Å². The second-order valence-electron chi connectivity index (χ2n) is 6.54. The Kier molecular flexibility index (Phi) is 7.51. The number of hydrogen-bond donors (Lipinski definition) is 1. The minimum absolute atomic E-state index is 0.0791. The third-order valence-electron chi connectivity index (χ3n) is 4.14. The molecule has 0 aliphatic rings. The maximum Gasteiger partial charge on any atom is 0.148 e. The zero-order valence-electron chi connectivity index (χ0n) is 15.6. The van der Waals surface area contributed by atoms with Gasteiger partial charge >= 0.3 is 0 Å². The second-order valence-corrected chi connectivity index (χ2v) is 6.91. The molecule has 0 radical (unpaired) electrons. The summed E-state index contributed by atoms with van der Waals surface area (Å²) in [7, 11) is 0. The largest absolute Gasteiger partial charge is 0.491 e. The summed E-state index contributed by atoms with van der Waals surface area (Å²) in [5.74, 6) is 1.58. The predicted molar refractivity (Wildman–Crippen MR) is 105 cm³/mol. The first kappa shape index (κ1) is 19.5. The molecule has 5 heteroatoms. The number of unbranched alkanes of at least 4 members (excludes halogenated alkanes) is 2. The van der Waals surface area contributed by atoms with Crippen molar-refractivity contribution in [3.63, 3.8) is 0 Å². The zero-order valence-corrected chi connectivity index (χ0v) is 16.4. The lowest BCUT2D eigenvalue weighted by molar-refractivity contribution is 0.301. The summed E-state index contributed by atoms with van der Waals surface area (Å²) in [5.41, 5.74) is 3.33. The van der Waals surface area contributed by atoms with E-state index in [1.807, 2.05) is 13.8 Å². The Hall–Kier alpha value is -1.81. The molecule has 1 unspecified atom stereocenters. The molecule has 136 valence electrons. The van der Waals surface area contributed by atoms with Crippen molar-refractivity contribution in [2.75, 3.05) is 11.9 Å². The van der Waals surface area contributed by atoms with Crippen molar-refractivity contribution in [2.45, 2.75) is 59.4 Å². The Bertz CT molecular complexity index is 691. The summed E-state index contributed by atoms with van der Waals surface area (Å²) in [6.45, 7) is 8.77. The third-order valence-corrected chi connectivity index (χ3v) is 4.60. The van der Waals surface area contributed by atoms with Crippen LogP contribution in [0.2, 0.25) is 5.02 Å². The van der Waals surface area contributed by atoms with E-state index in [0.717, 1.165) is 17.9 Å². The molecule has 0 amide bonds. The van der Waals surface area contributed by atoms with E-state index in [0.29, 0.717) is 17.4 Å². The normalized spacial score (nSPS) is 12.0. The fraction of sp³-hybridized carbons (Fsp3) is 0.500. The molecule has 2 rings (SSSR count). The Balaban J connectivity index is 1.88. The van der Waals surface area contributed by atoms with Gasteiger partial charge in [0, 0.05) is 0 Å². The molecule has 0 saturated carbocycles. The summed E-state index contributed by atoms with van der Waals surface area (Å²) in [6, 6.07) is 6.55. The average Bonchev–Trinajstić information content (AvgIpc) is 2.58. The number of ether oxygens (including phenoxy) is 1. The number of nitrogens with one attached hydrogen (secondary N) is 1. The molecular weight excluding hydrogens is 334 g/mol. The van der Waals surface area contributed by atoms with Crippen LogP contribution in [-0.2, 0) is 6.42 Å². The van der Waals surface area contributed by atoms with Crippen molar-refractivity contribution in [2.24, 2.45) is 0 Å². The van der Waals surface area contributed by atoms with Gasteiger partial charge in [-0.25, -0.2) is 9.97 Å². The Labute approximate surface area is 156 Å². The van der Waals surface area contributed by atoms with Gasteiger partial charge in [-0.15, -0.1) is 0 Å². The number of anilines is 1. The van der Waals surface area contributed by atoms with Crippen molar-refractivity contribution in [1.29, 1.82) is 0 Å². The molecule has 0 spiro atoms. The van der Waals surface area contributed by atoms with Crippen LogP contribution in [0.5, 0.6) is 5.75 Å². The van der Waals surface area contributed by atoms with Crippen LogP contribution < -0.4 is 10.1 Å². The van der Waals surface area contributed by atoms with Gasteiger partial charge in [-0.3, -0.25) is 0 Å². The molecule has 1 aromatic heterocycles. The van der Waals surface area contributed by atoms with Gasteiger partial charge in [0.2, 0.25) is 0 Å². The minimum Gasteiger partial charge on any atom is -0.491 e. The monoisotopic (exact) mass is 361 g/mol.